The monoisotopic (exact) mass is 463 g/mol. The van der Waals surface area contributed by atoms with E-state index in [9.17, 15) is 4.79 Å². The van der Waals surface area contributed by atoms with Crippen molar-refractivity contribution in [1.29, 1.82) is 0 Å². The summed E-state index contributed by atoms with van der Waals surface area (Å²) < 4.78 is 17.9. The number of hydrogen-bond donors (Lipinski definition) is 2. The maximum absolute atomic E-state index is 12.6. The van der Waals surface area contributed by atoms with Gasteiger partial charge in [-0.3, -0.25) is 0 Å². The van der Waals surface area contributed by atoms with E-state index in [4.69, 9.17) is 14.2 Å². The zero-order valence-corrected chi connectivity index (χ0v) is 19.9. The van der Waals surface area contributed by atoms with E-state index in [1.165, 1.54) is 19.3 Å². The molecule has 5 fully saturated rings. The van der Waals surface area contributed by atoms with E-state index in [0.29, 0.717) is 35.6 Å². The minimum atomic E-state index is -0.690. The number of nitrogens with one attached hydrogen (secondary N) is 2. The number of pyridine rings is 1. The summed E-state index contributed by atoms with van der Waals surface area (Å²) in [6.45, 7) is 6.84. The number of benzene rings is 1. The number of fused-ring (bicyclic) bond motifs is 1. The van der Waals surface area contributed by atoms with Gasteiger partial charge in [0, 0.05) is 42.5 Å². The minimum absolute atomic E-state index is 0.210. The predicted octanol–water partition coefficient (Wildman–Crippen LogP) is 4.02. The summed E-state index contributed by atoms with van der Waals surface area (Å²) in [6, 6.07) is 13.5. The van der Waals surface area contributed by atoms with Crippen LogP contribution in [0.5, 0.6) is 11.8 Å². The fourth-order valence-electron chi connectivity index (χ4n) is 5.80. The third kappa shape index (κ3) is 4.22. The van der Waals surface area contributed by atoms with Crippen LogP contribution in [0.4, 0.5) is 4.79 Å². The lowest BCUT2D eigenvalue weighted by atomic mass is 9.45. The summed E-state index contributed by atoms with van der Waals surface area (Å²) in [5.41, 5.74) is 1.50. The lowest BCUT2D eigenvalue weighted by Crippen LogP contribution is -2.55. The van der Waals surface area contributed by atoms with Crippen molar-refractivity contribution in [2.75, 3.05) is 19.7 Å². The number of hydrogen-bond acceptors (Lipinski definition) is 6. The SMILES string of the molecule is CC(C)(NC(=O)OCc1ccccc1)c1cc(OCC23CC(C2)C3)nc(OC2[C@H]3CNC[C@@H]23)c1. The number of rotatable bonds is 9. The molecule has 1 aromatic heterocycles. The van der Waals surface area contributed by atoms with E-state index in [1.807, 2.05) is 56.3 Å². The van der Waals surface area contributed by atoms with Crippen LogP contribution in [-0.2, 0) is 16.9 Å². The van der Waals surface area contributed by atoms with Gasteiger partial charge in [0.05, 0.1) is 12.1 Å². The highest BCUT2D eigenvalue weighted by Gasteiger charge is 2.57. The molecule has 7 nitrogen and oxygen atoms in total. The minimum Gasteiger partial charge on any atom is -0.477 e. The van der Waals surface area contributed by atoms with Crippen LogP contribution in [0.2, 0.25) is 0 Å². The summed E-state index contributed by atoms with van der Waals surface area (Å²) in [4.78, 5) is 17.3. The van der Waals surface area contributed by atoms with Crippen LogP contribution in [0.15, 0.2) is 42.5 Å². The van der Waals surface area contributed by atoms with Gasteiger partial charge in [0.1, 0.15) is 12.7 Å². The van der Waals surface area contributed by atoms with Gasteiger partial charge in [0.15, 0.2) is 0 Å². The molecule has 0 spiro atoms. The Morgan fingerprint density at radius 1 is 1.12 bits per heavy atom. The Bertz CT molecular complexity index is 1050. The molecule has 4 saturated carbocycles. The summed E-state index contributed by atoms with van der Waals surface area (Å²) in [6.07, 6.45) is 3.56. The van der Waals surface area contributed by atoms with Gasteiger partial charge in [-0.25, -0.2) is 4.79 Å². The first-order valence-electron chi connectivity index (χ1n) is 12.4. The molecule has 4 aliphatic carbocycles. The Labute approximate surface area is 200 Å². The van der Waals surface area contributed by atoms with Crippen molar-refractivity contribution in [3.63, 3.8) is 0 Å². The van der Waals surface area contributed by atoms with Crippen LogP contribution in [0.3, 0.4) is 0 Å². The first-order valence-corrected chi connectivity index (χ1v) is 12.4. The highest BCUT2D eigenvalue weighted by Crippen LogP contribution is 2.64. The molecule has 1 unspecified atom stereocenters. The van der Waals surface area contributed by atoms with E-state index < -0.39 is 11.6 Å². The van der Waals surface area contributed by atoms with Gasteiger partial charge in [0.25, 0.3) is 0 Å². The van der Waals surface area contributed by atoms with Crippen molar-refractivity contribution in [3.05, 3.63) is 53.6 Å². The van der Waals surface area contributed by atoms with Gasteiger partial charge < -0.3 is 24.8 Å². The largest absolute Gasteiger partial charge is 0.477 e. The average molecular weight is 464 g/mol. The normalized spacial score (nSPS) is 30.4. The van der Waals surface area contributed by atoms with E-state index >= 15 is 0 Å². The molecular formula is C27H33N3O4. The van der Waals surface area contributed by atoms with Crippen molar-refractivity contribution in [3.8, 4) is 11.8 Å². The smallest absolute Gasteiger partial charge is 0.408 e. The Morgan fingerprint density at radius 2 is 1.82 bits per heavy atom. The first-order chi connectivity index (χ1) is 16.4. The number of amides is 1. The Morgan fingerprint density at radius 3 is 2.50 bits per heavy atom. The second-order valence-electron chi connectivity index (χ2n) is 11.2. The topological polar surface area (TPSA) is 81.7 Å². The molecule has 0 radical (unpaired) electrons. The fourth-order valence-corrected chi connectivity index (χ4v) is 5.80. The number of piperidine rings is 1. The standard InChI is InChI=1S/C27H33N3O4/c1-26(2,30-25(31)32-15-17-6-4-3-5-7-17)19-8-22(33-16-27-10-18(11-27)12-27)29-23(9-19)34-24-20-13-28-14-21(20)24/h3-9,18,20-21,24,28H,10-16H2,1-2H3,(H,30,31)/t18?,20-,21+,24?,27?. The van der Waals surface area contributed by atoms with Gasteiger partial charge in [-0.15, -0.1) is 0 Å². The summed E-state index contributed by atoms with van der Waals surface area (Å²) in [5.74, 6) is 3.17. The quantitative estimate of drug-likeness (QED) is 0.585. The van der Waals surface area contributed by atoms with E-state index in [-0.39, 0.29) is 12.7 Å². The molecule has 180 valence electrons. The van der Waals surface area contributed by atoms with E-state index in [2.05, 4.69) is 15.6 Å². The zero-order chi connectivity index (χ0) is 23.3. The van der Waals surface area contributed by atoms with Crippen molar-refractivity contribution < 1.29 is 19.0 Å². The summed E-state index contributed by atoms with van der Waals surface area (Å²) in [7, 11) is 0. The molecule has 3 atom stereocenters. The third-order valence-corrected chi connectivity index (χ3v) is 8.09. The average Bonchev–Trinajstić information content (AvgIpc) is 3.16. The highest BCUT2D eigenvalue weighted by atomic mass is 16.5. The van der Waals surface area contributed by atoms with Gasteiger partial charge in [-0.05, 0) is 50.2 Å². The molecule has 1 aromatic carbocycles. The number of aromatic nitrogens is 1. The summed E-state index contributed by atoms with van der Waals surface area (Å²) in [5, 5.41) is 6.40. The van der Waals surface area contributed by atoms with Crippen LogP contribution in [0, 0.1) is 23.2 Å². The molecule has 2 bridgehead atoms. The number of carbonyl (C=O) groups is 1. The van der Waals surface area contributed by atoms with Crippen LogP contribution in [0.1, 0.15) is 44.2 Å². The molecule has 7 rings (SSSR count). The fraction of sp³-hybridized carbons (Fsp3) is 0.556. The van der Waals surface area contributed by atoms with Gasteiger partial charge in [-0.1, -0.05) is 30.3 Å². The number of carbonyl (C=O) groups excluding carboxylic acids is 1. The van der Waals surface area contributed by atoms with Crippen LogP contribution < -0.4 is 20.1 Å². The molecule has 2 N–H and O–H groups in total. The van der Waals surface area contributed by atoms with E-state index in [0.717, 1.165) is 30.1 Å². The van der Waals surface area contributed by atoms with Crippen LogP contribution >= 0.6 is 0 Å². The molecule has 1 saturated heterocycles. The molecule has 2 heterocycles. The Hall–Kier alpha value is -2.80. The van der Waals surface area contributed by atoms with Crippen molar-refractivity contribution in [2.45, 2.75) is 51.4 Å². The van der Waals surface area contributed by atoms with Gasteiger partial charge in [-0.2, -0.15) is 4.98 Å². The number of alkyl carbamates (subject to hydrolysis) is 1. The van der Waals surface area contributed by atoms with Gasteiger partial charge in [0.2, 0.25) is 11.8 Å². The van der Waals surface area contributed by atoms with Gasteiger partial charge >= 0.3 is 6.09 Å². The molecular weight excluding hydrogens is 430 g/mol. The van der Waals surface area contributed by atoms with E-state index in [1.54, 1.807) is 0 Å². The molecule has 7 heteroatoms. The molecule has 5 aliphatic rings. The third-order valence-electron chi connectivity index (χ3n) is 8.09. The van der Waals surface area contributed by atoms with Crippen LogP contribution in [0.25, 0.3) is 0 Å². The molecule has 34 heavy (non-hydrogen) atoms. The Balaban J connectivity index is 1.15. The number of ether oxygens (including phenoxy) is 3. The Kier molecular flexibility index (Phi) is 5.21. The second-order valence-corrected chi connectivity index (χ2v) is 11.2. The number of nitrogens with zero attached hydrogens (tertiary/aromatic N) is 1. The second kappa shape index (κ2) is 8.15. The van der Waals surface area contributed by atoms with Crippen molar-refractivity contribution >= 4 is 6.09 Å². The zero-order valence-electron chi connectivity index (χ0n) is 19.9. The lowest BCUT2D eigenvalue weighted by Gasteiger charge is -2.61. The molecule has 2 aromatic rings. The molecule has 1 aliphatic heterocycles. The summed E-state index contributed by atoms with van der Waals surface area (Å²) >= 11 is 0. The predicted molar refractivity (Wildman–Crippen MR) is 127 cm³/mol. The maximum Gasteiger partial charge on any atom is 0.408 e. The lowest BCUT2D eigenvalue weighted by molar-refractivity contribution is -0.132. The van der Waals surface area contributed by atoms with Crippen molar-refractivity contribution in [2.24, 2.45) is 23.2 Å². The highest BCUT2D eigenvalue weighted by molar-refractivity contribution is 5.68. The first kappa shape index (κ1) is 21.7. The maximum atomic E-state index is 12.6. The molecule has 1 amide bonds. The van der Waals surface area contributed by atoms with Crippen molar-refractivity contribution in [1.82, 2.24) is 15.6 Å². The van der Waals surface area contributed by atoms with Crippen LogP contribution in [-0.4, -0.2) is 36.9 Å².